The second-order valence-corrected chi connectivity index (χ2v) is 14.1. The SMILES string of the molecule is CCOc1ccc(C(=O)Nc2cc(Cl)c3c(c2Cl)CNCC3)cc1Br.CCOc1ccc(C(=O)Nc2cc(Cl)c3c(c2Cl)CNCC3)cc1Cl. The van der Waals surface area contributed by atoms with Gasteiger partial charge in [-0.3, -0.25) is 9.59 Å². The van der Waals surface area contributed by atoms with Gasteiger partial charge in [-0.25, -0.2) is 0 Å². The van der Waals surface area contributed by atoms with E-state index in [4.69, 9.17) is 67.5 Å². The number of nitrogens with one attached hydrogen (secondary N) is 4. The van der Waals surface area contributed by atoms with Crippen LogP contribution in [0.25, 0.3) is 0 Å². The van der Waals surface area contributed by atoms with E-state index >= 15 is 0 Å². The van der Waals surface area contributed by atoms with Crippen molar-refractivity contribution in [2.45, 2.75) is 39.8 Å². The van der Waals surface area contributed by atoms with E-state index in [0.717, 1.165) is 52.7 Å². The van der Waals surface area contributed by atoms with E-state index in [-0.39, 0.29) is 11.8 Å². The Morgan fingerprint density at radius 2 is 1.12 bits per heavy atom. The van der Waals surface area contributed by atoms with Crippen molar-refractivity contribution in [3.8, 4) is 11.5 Å². The summed E-state index contributed by atoms with van der Waals surface area (Å²) in [6, 6.07) is 13.5. The van der Waals surface area contributed by atoms with Crippen LogP contribution in [-0.2, 0) is 25.9 Å². The normalized spacial score (nSPS) is 13.3. The number of benzene rings is 4. The molecule has 0 saturated carbocycles. The van der Waals surface area contributed by atoms with Crippen molar-refractivity contribution in [3.63, 3.8) is 0 Å². The highest BCUT2D eigenvalue weighted by atomic mass is 79.9. The molecule has 8 nitrogen and oxygen atoms in total. The summed E-state index contributed by atoms with van der Waals surface area (Å²) in [4.78, 5) is 25.1. The molecule has 0 aliphatic carbocycles. The third-order valence-corrected chi connectivity index (χ3v) is 10.5. The van der Waals surface area contributed by atoms with E-state index < -0.39 is 0 Å². The van der Waals surface area contributed by atoms with Crippen LogP contribution in [0.15, 0.2) is 53.0 Å². The van der Waals surface area contributed by atoms with Gasteiger partial charge in [-0.15, -0.1) is 0 Å². The molecule has 264 valence electrons. The molecule has 0 atom stereocenters. The first-order chi connectivity index (χ1) is 24.0. The summed E-state index contributed by atoms with van der Waals surface area (Å²) in [6.45, 7) is 7.84. The third kappa shape index (κ3) is 9.00. The fourth-order valence-corrected chi connectivity index (χ4v) is 7.52. The van der Waals surface area contributed by atoms with Crippen LogP contribution in [0.5, 0.6) is 11.5 Å². The van der Waals surface area contributed by atoms with Crippen molar-refractivity contribution in [2.24, 2.45) is 0 Å². The molecule has 0 spiro atoms. The molecule has 14 heteroatoms. The topological polar surface area (TPSA) is 101 Å². The Kier molecular flexibility index (Phi) is 13.6. The molecule has 2 aliphatic rings. The minimum Gasteiger partial charge on any atom is -0.493 e. The highest BCUT2D eigenvalue weighted by Crippen LogP contribution is 2.38. The molecule has 2 aliphatic heterocycles. The number of hydrogen-bond acceptors (Lipinski definition) is 6. The highest BCUT2D eigenvalue weighted by molar-refractivity contribution is 9.10. The molecule has 0 aromatic heterocycles. The van der Waals surface area contributed by atoms with Crippen molar-refractivity contribution < 1.29 is 19.1 Å². The number of fused-ring (bicyclic) bond motifs is 2. The predicted molar refractivity (Wildman–Crippen MR) is 208 cm³/mol. The average Bonchev–Trinajstić information content (AvgIpc) is 3.11. The van der Waals surface area contributed by atoms with Crippen molar-refractivity contribution in [2.75, 3.05) is 36.9 Å². The Morgan fingerprint density at radius 1 is 0.660 bits per heavy atom. The van der Waals surface area contributed by atoms with Crippen LogP contribution in [0.3, 0.4) is 0 Å². The zero-order valence-corrected chi connectivity index (χ0v) is 32.5. The smallest absolute Gasteiger partial charge is 0.255 e. The molecule has 4 aromatic rings. The van der Waals surface area contributed by atoms with Gasteiger partial charge in [0.15, 0.2) is 0 Å². The zero-order chi connectivity index (χ0) is 35.9. The summed E-state index contributed by atoms with van der Waals surface area (Å²) in [5, 5.41) is 14.9. The standard InChI is InChI=1S/C18H17BrCl2N2O2.C18H17Cl3N2O2/c1-2-25-16-4-3-10(7-13(16)19)18(24)23-15-8-14(20)11-5-6-22-9-12(11)17(15)21;1-2-25-16-4-3-10(7-14(16)20)18(24)23-15-8-13(19)11-5-6-22-9-12(11)17(15)21/h2*3-4,7-8,22H,2,5-6,9H2,1H3,(H,23,24). The molecule has 6 rings (SSSR count). The molecule has 4 aromatic carbocycles. The number of halogens is 6. The van der Waals surface area contributed by atoms with Gasteiger partial charge < -0.3 is 30.7 Å². The molecule has 0 fully saturated rings. The van der Waals surface area contributed by atoms with Crippen LogP contribution in [0.1, 0.15) is 56.8 Å². The molecule has 0 saturated heterocycles. The number of carbonyl (C=O) groups is 2. The van der Waals surface area contributed by atoms with Gasteiger partial charge in [-0.05, 0) is 126 Å². The van der Waals surface area contributed by atoms with E-state index in [9.17, 15) is 9.59 Å². The van der Waals surface area contributed by atoms with Crippen molar-refractivity contribution in [1.82, 2.24) is 10.6 Å². The molecular weight excluding hydrogens is 810 g/mol. The molecule has 50 heavy (non-hydrogen) atoms. The third-order valence-electron chi connectivity index (χ3n) is 8.04. The first kappa shape index (κ1) is 38.5. The van der Waals surface area contributed by atoms with Gasteiger partial charge in [0, 0.05) is 34.3 Å². The summed E-state index contributed by atoms with van der Waals surface area (Å²) >= 11 is 35.2. The van der Waals surface area contributed by atoms with E-state index in [2.05, 4.69) is 37.2 Å². The molecule has 2 heterocycles. The fourth-order valence-electron chi connectivity index (χ4n) is 5.60. The number of carbonyl (C=O) groups excluding carboxylic acids is 2. The Balaban J connectivity index is 0.000000194. The maximum absolute atomic E-state index is 12.6. The molecule has 2 amide bonds. The second-order valence-electron chi connectivity index (χ2n) is 11.3. The first-order valence-electron chi connectivity index (χ1n) is 15.9. The monoisotopic (exact) mass is 840 g/mol. The minimum atomic E-state index is -0.313. The highest BCUT2D eigenvalue weighted by Gasteiger charge is 2.22. The van der Waals surface area contributed by atoms with Gasteiger partial charge >= 0.3 is 0 Å². The number of anilines is 2. The molecule has 0 bridgehead atoms. The maximum atomic E-state index is 12.6. The number of amides is 2. The Hall–Kier alpha value is -2.73. The quantitative estimate of drug-likeness (QED) is 0.141. The van der Waals surface area contributed by atoms with Crippen LogP contribution in [0.2, 0.25) is 25.1 Å². The van der Waals surface area contributed by atoms with E-state index in [0.29, 0.717) is 85.4 Å². The van der Waals surface area contributed by atoms with Gasteiger partial charge in [0.1, 0.15) is 11.5 Å². The van der Waals surface area contributed by atoms with Gasteiger partial charge in [-0.1, -0.05) is 58.0 Å². The summed E-state index contributed by atoms with van der Waals surface area (Å²) in [6.07, 6.45) is 1.64. The summed E-state index contributed by atoms with van der Waals surface area (Å²) in [5.41, 5.74) is 5.88. The largest absolute Gasteiger partial charge is 0.493 e. The lowest BCUT2D eigenvalue weighted by atomic mass is 10.00. The lowest BCUT2D eigenvalue weighted by Crippen LogP contribution is -2.25. The molecule has 0 radical (unpaired) electrons. The summed E-state index contributed by atoms with van der Waals surface area (Å²) in [7, 11) is 0. The Labute approximate surface area is 324 Å². The molecular formula is C36H34BrCl5N4O4. The second kappa shape index (κ2) is 17.7. The molecule has 4 N–H and O–H groups in total. The zero-order valence-electron chi connectivity index (χ0n) is 27.2. The fraction of sp³-hybridized carbons (Fsp3) is 0.278. The number of ether oxygens (including phenoxy) is 2. The number of rotatable bonds is 8. The summed E-state index contributed by atoms with van der Waals surface area (Å²) < 4.78 is 11.6. The van der Waals surface area contributed by atoms with Gasteiger partial charge in [-0.2, -0.15) is 0 Å². The van der Waals surface area contributed by atoms with Crippen molar-refractivity contribution in [3.05, 3.63) is 111 Å². The van der Waals surface area contributed by atoms with Crippen LogP contribution in [0.4, 0.5) is 11.4 Å². The van der Waals surface area contributed by atoms with E-state index in [1.807, 2.05) is 13.8 Å². The number of hydrogen-bond donors (Lipinski definition) is 4. The van der Waals surface area contributed by atoms with E-state index in [1.54, 1.807) is 48.5 Å². The predicted octanol–water partition coefficient (Wildman–Crippen LogP) is 10.00. The van der Waals surface area contributed by atoms with Gasteiger partial charge in [0.25, 0.3) is 11.8 Å². The maximum Gasteiger partial charge on any atom is 0.255 e. The molecule has 0 unspecified atom stereocenters. The Bertz CT molecular complexity index is 1790. The minimum absolute atomic E-state index is 0.259. The lowest BCUT2D eigenvalue weighted by molar-refractivity contribution is 0.101. The average molecular weight is 844 g/mol. The van der Waals surface area contributed by atoms with Crippen LogP contribution in [-0.4, -0.2) is 38.1 Å². The summed E-state index contributed by atoms with van der Waals surface area (Å²) in [5.74, 6) is 0.665. The van der Waals surface area contributed by atoms with Crippen molar-refractivity contribution >= 4 is 97.1 Å². The van der Waals surface area contributed by atoms with Gasteiger partial charge in [0.2, 0.25) is 0 Å². The lowest BCUT2D eigenvalue weighted by Gasteiger charge is -2.22. The van der Waals surface area contributed by atoms with Gasteiger partial charge in [0.05, 0.1) is 44.1 Å². The van der Waals surface area contributed by atoms with Crippen LogP contribution >= 0.6 is 73.9 Å². The first-order valence-corrected chi connectivity index (χ1v) is 18.6. The van der Waals surface area contributed by atoms with Crippen molar-refractivity contribution in [1.29, 1.82) is 0 Å². The Morgan fingerprint density at radius 3 is 1.58 bits per heavy atom. The van der Waals surface area contributed by atoms with Crippen LogP contribution in [0, 0.1) is 0 Å². The van der Waals surface area contributed by atoms with Crippen LogP contribution < -0.4 is 30.7 Å². The van der Waals surface area contributed by atoms with E-state index in [1.165, 1.54) is 0 Å².